The van der Waals surface area contributed by atoms with E-state index in [1.54, 1.807) is 0 Å². The highest BCUT2D eigenvalue weighted by Gasteiger charge is 2.18. The Bertz CT molecular complexity index is 507. The van der Waals surface area contributed by atoms with Crippen LogP contribution in [0.2, 0.25) is 0 Å². The molecule has 21 heavy (non-hydrogen) atoms. The third kappa shape index (κ3) is 3.88. The highest BCUT2D eigenvalue weighted by Crippen LogP contribution is 2.22. The zero-order chi connectivity index (χ0) is 15.4. The summed E-state index contributed by atoms with van der Waals surface area (Å²) in [5.41, 5.74) is 8.66. The number of likely N-dealkylation sites (tertiary alicyclic amines) is 1. The first kappa shape index (κ1) is 15.6. The number of benzene rings is 1. The molecule has 3 N–H and O–H groups in total. The Morgan fingerprint density at radius 3 is 2.67 bits per heavy atom. The van der Waals surface area contributed by atoms with E-state index in [0.29, 0.717) is 0 Å². The third-order valence-corrected chi connectivity index (χ3v) is 4.40. The van der Waals surface area contributed by atoms with Crippen LogP contribution in [0.3, 0.4) is 0 Å². The molecule has 1 fully saturated rings. The molecule has 0 unspecified atom stereocenters. The van der Waals surface area contributed by atoms with Gasteiger partial charge in [-0.25, -0.2) is 0 Å². The van der Waals surface area contributed by atoms with Crippen LogP contribution in [0, 0.1) is 12.8 Å². The van der Waals surface area contributed by atoms with Gasteiger partial charge in [0, 0.05) is 24.8 Å². The largest absolute Gasteiger partial charge is 0.409 e. The summed E-state index contributed by atoms with van der Waals surface area (Å²) >= 11 is 0. The number of anilines is 1. The van der Waals surface area contributed by atoms with E-state index in [1.807, 2.05) is 19.1 Å². The van der Waals surface area contributed by atoms with Crippen molar-refractivity contribution in [1.29, 1.82) is 0 Å². The number of amidine groups is 1. The van der Waals surface area contributed by atoms with Gasteiger partial charge in [0.05, 0.1) is 0 Å². The van der Waals surface area contributed by atoms with E-state index < -0.39 is 0 Å². The van der Waals surface area contributed by atoms with E-state index in [-0.39, 0.29) is 5.84 Å². The van der Waals surface area contributed by atoms with Crippen LogP contribution >= 0.6 is 0 Å². The molecule has 0 bridgehead atoms. The van der Waals surface area contributed by atoms with Gasteiger partial charge >= 0.3 is 0 Å². The number of rotatable bonds is 4. The number of nitrogens with zero attached hydrogens (tertiary/aromatic N) is 3. The maximum atomic E-state index is 8.78. The molecule has 0 saturated carbocycles. The lowest BCUT2D eigenvalue weighted by atomic mass is 9.96. The molecule has 0 radical (unpaired) electrons. The van der Waals surface area contributed by atoms with Crippen LogP contribution < -0.4 is 10.6 Å². The first-order chi connectivity index (χ1) is 10.0. The van der Waals surface area contributed by atoms with E-state index in [9.17, 15) is 0 Å². The monoisotopic (exact) mass is 290 g/mol. The minimum atomic E-state index is 0.164. The normalized spacial score (nSPS) is 18.0. The van der Waals surface area contributed by atoms with Gasteiger partial charge in [-0.1, -0.05) is 5.16 Å². The number of hydrogen-bond donors (Lipinski definition) is 2. The molecule has 2 rings (SSSR count). The summed E-state index contributed by atoms with van der Waals surface area (Å²) in [6.07, 6.45) is 2.53. The molecule has 5 heteroatoms. The fourth-order valence-corrected chi connectivity index (χ4v) is 2.96. The summed E-state index contributed by atoms with van der Waals surface area (Å²) in [6.45, 7) is 5.45. The van der Waals surface area contributed by atoms with Gasteiger partial charge in [-0.3, -0.25) is 0 Å². The van der Waals surface area contributed by atoms with E-state index in [0.717, 1.165) is 23.6 Å². The molecule has 1 heterocycles. The van der Waals surface area contributed by atoms with Crippen LogP contribution in [0.5, 0.6) is 0 Å². The first-order valence-corrected chi connectivity index (χ1v) is 7.49. The lowest BCUT2D eigenvalue weighted by Gasteiger charge is -2.32. The maximum Gasteiger partial charge on any atom is 0.170 e. The molecular formula is C16H26N4O. The summed E-state index contributed by atoms with van der Waals surface area (Å²) in [4.78, 5) is 4.70. The minimum Gasteiger partial charge on any atom is -0.409 e. The molecule has 1 aromatic rings. The smallest absolute Gasteiger partial charge is 0.170 e. The van der Waals surface area contributed by atoms with E-state index in [4.69, 9.17) is 10.9 Å². The van der Waals surface area contributed by atoms with Gasteiger partial charge < -0.3 is 20.7 Å². The van der Waals surface area contributed by atoms with Crippen LogP contribution in [0.1, 0.15) is 24.0 Å². The third-order valence-electron chi connectivity index (χ3n) is 4.40. The molecule has 1 aromatic carbocycles. The molecule has 1 aliphatic rings. The Balaban J connectivity index is 2.02. The lowest BCUT2D eigenvalue weighted by Crippen LogP contribution is -2.35. The van der Waals surface area contributed by atoms with Gasteiger partial charge in [0.15, 0.2) is 5.84 Å². The highest BCUT2D eigenvalue weighted by atomic mass is 16.4. The number of oxime groups is 1. The summed E-state index contributed by atoms with van der Waals surface area (Å²) in [7, 11) is 4.32. The lowest BCUT2D eigenvalue weighted by molar-refractivity contribution is 0.222. The van der Waals surface area contributed by atoms with Crippen LogP contribution in [0.4, 0.5) is 5.69 Å². The fourth-order valence-electron chi connectivity index (χ4n) is 2.96. The van der Waals surface area contributed by atoms with Crippen molar-refractivity contribution in [2.75, 3.05) is 38.6 Å². The SMILES string of the molecule is Cc1cc(N(C)CC2CCN(C)CC2)ccc1/C(N)=N/O. The van der Waals surface area contributed by atoms with E-state index >= 15 is 0 Å². The van der Waals surface area contributed by atoms with Crippen LogP contribution in [-0.4, -0.2) is 49.7 Å². The van der Waals surface area contributed by atoms with Crippen molar-refractivity contribution in [1.82, 2.24) is 4.90 Å². The molecule has 0 atom stereocenters. The van der Waals surface area contributed by atoms with E-state index in [2.05, 4.69) is 35.1 Å². The van der Waals surface area contributed by atoms with Gasteiger partial charge in [-0.2, -0.15) is 0 Å². The van der Waals surface area contributed by atoms with Crippen molar-refractivity contribution < 1.29 is 5.21 Å². The Hall–Kier alpha value is -1.75. The fraction of sp³-hybridized carbons (Fsp3) is 0.562. The summed E-state index contributed by atoms with van der Waals surface area (Å²) < 4.78 is 0. The van der Waals surface area contributed by atoms with Gasteiger partial charge in [0.25, 0.3) is 0 Å². The van der Waals surface area contributed by atoms with Crippen molar-refractivity contribution in [3.05, 3.63) is 29.3 Å². The first-order valence-electron chi connectivity index (χ1n) is 7.49. The predicted molar refractivity (Wildman–Crippen MR) is 87.2 cm³/mol. The van der Waals surface area contributed by atoms with Crippen LogP contribution in [0.25, 0.3) is 0 Å². The van der Waals surface area contributed by atoms with Gasteiger partial charge in [0.2, 0.25) is 0 Å². The predicted octanol–water partition coefficient (Wildman–Crippen LogP) is 1.87. The number of hydrogen-bond acceptors (Lipinski definition) is 4. The van der Waals surface area contributed by atoms with Crippen molar-refractivity contribution >= 4 is 11.5 Å². The second-order valence-corrected chi connectivity index (χ2v) is 6.11. The van der Waals surface area contributed by atoms with Crippen molar-refractivity contribution in [2.45, 2.75) is 19.8 Å². The topological polar surface area (TPSA) is 65.1 Å². The molecular weight excluding hydrogens is 264 g/mol. The quantitative estimate of drug-likeness (QED) is 0.384. The molecule has 1 aliphatic heterocycles. The molecule has 0 aromatic heterocycles. The number of aryl methyl sites for hydroxylation is 1. The number of piperidine rings is 1. The van der Waals surface area contributed by atoms with Gasteiger partial charge in [-0.05, 0) is 69.6 Å². The molecule has 0 spiro atoms. The minimum absolute atomic E-state index is 0.164. The second kappa shape index (κ2) is 6.80. The van der Waals surface area contributed by atoms with Crippen LogP contribution in [0.15, 0.2) is 23.4 Å². The maximum absolute atomic E-state index is 8.78. The van der Waals surface area contributed by atoms with Gasteiger partial charge in [0.1, 0.15) is 0 Å². The average molecular weight is 290 g/mol. The summed E-state index contributed by atoms with van der Waals surface area (Å²) in [5.74, 6) is 0.923. The molecule has 0 aliphatic carbocycles. The Morgan fingerprint density at radius 1 is 1.43 bits per heavy atom. The van der Waals surface area contributed by atoms with Crippen molar-refractivity contribution in [3.8, 4) is 0 Å². The second-order valence-electron chi connectivity index (χ2n) is 6.11. The molecule has 1 saturated heterocycles. The molecule has 5 nitrogen and oxygen atoms in total. The highest BCUT2D eigenvalue weighted by molar-refractivity contribution is 5.98. The van der Waals surface area contributed by atoms with Crippen molar-refractivity contribution in [3.63, 3.8) is 0 Å². The Labute approximate surface area is 127 Å². The Kier molecular flexibility index (Phi) is 5.07. The zero-order valence-electron chi connectivity index (χ0n) is 13.2. The Morgan fingerprint density at radius 2 is 2.10 bits per heavy atom. The summed E-state index contributed by atoms with van der Waals surface area (Å²) in [5, 5.41) is 11.8. The number of nitrogens with two attached hydrogens (primary N) is 1. The molecule has 116 valence electrons. The average Bonchev–Trinajstić information content (AvgIpc) is 2.48. The van der Waals surface area contributed by atoms with Crippen LogP contribution in [-0.2, 0) is 0 Å². The molecule has 0 amide bonds. The zero-order valence-corrected chi connectivity index (χ0v) is 13.2. The van der Waals surface area contributed by atoms with Gasteiger partial charge in [-0.15, -0.1) is 0 Å². The van der Waals surface area contributed by atoms with Crippen molar-refractivity contribution in [2.24, 2.45) is 16.8 Å². The van der Waals surface area contributed by atoms with E-state index in [1.165, 1.54) is 31.6 Å². The summed E-state index contributed by atoms with van der Waals surface area (Å²) in [6, 6.07) is 6.06. The standard InChI is InChI=1S/C16H26N4O/c1-12-10-14(4-5-15(12)16(17)18-21)20(3)11-13-6-8-19(2)9-7-13/h4-5,10,13,21H,6-9,11H2,1-3H3,(H2,17,18).